The molecule has 24 heavy (non-hydrogen) atoms. The molecular weight excluding hydrogens is 302 g/mol. The Labute approximate surface area is 139 Å². The van der Waals surface area contributed by atoms with Crippen LogP contribution in [0.1, 0.15) is 16.8 Å². The molecule has 1 amide bonds. The summed E-state index contributed by atoms with van der Waals surface area (Å²) in [5.41, 5.74) is 2.13. The minimum absolute atomic E-state index is 0.0372. The molecule has 1 saturated carbocycles. The van der Waals surface area contributed by atoms with Gasteiger partial charge in [-0.2, -0.15) is 0 Å². The van der Waals surface area contributed by atoms with Gasteiger partial charge in [-0.1, -0.05) is 18.2 Å². The van der Waals surface area contributed by atoms with Gasteiger partial charge < -0.3 is 15.1 Å². The third-order valence-corrected chi connectivity index (χ3v) is 5.17. The fourth-order valence-electron chi connectivity index (χ4n) is 3.84. The van der Waals surface area contributed by atoms with E-state index in [4.69, 9.17) is 4.42 Å². The predicted octanol–water partition coefficient (Wildman–Crippen LogP) is 2.58. The van der Waals surface area contributed by atoms with E-state index in [9.17, 15) is 4.79 Å². The number of hydrogen-bond acceptors (Lipinski definition) is 4. The van der Waals surface area contributed by atoms with Crippen molar-refractivity contribution in [2.24, 2.45) is 5.92 Å². The van der Waals surface area contributed by atoms with Crippen LogP contribution in [0, 0.1) is 5.92 Å². The summed E-state index contributed by atoms with van der Waals surface area (Å²) in [6.45, 7) is 1.00. The maximum atomic E-state index is 12.9. The van der Waals surface area contributed by atoms with Gasteiger partial charge in [0.15, 0.2) is 5.76 Å². The third-order valence-electron chi connectivity index (χ3n) is 5.17. The number of aromatic nitrogens is 1. The number of nitrogens with zero attached hydrogens (tertiary/aromatic N) is 1. The van der Waals surface area contributed by atoms with Gasteiger partial charge in [-0.25, -0.2) is 4.98 Å². The van der Waals surface area contributed by atoms with E-state index in [0.717, 1.165) is 17.4 Å². The molecule has 2 N–H and O–H groups in total. The molecule has 1 aromatic carbocycles. The van der Waals surface area contributed by atoms with Crippen molar-refractivity contribution in [3.05, 3.63) is 54.3 Å². The highest BCUT2D eigenvalue weighted by atomic mass is 16.3. The summed E-state index contributed by atoms with van der Waals surface area (Å²) < 4.78 is 5.46. The molecular formula is C19H17N3O2. The lowest BCUT2D eigenvalue weighted by Crippen LogP contribution is -2.54. The monoisotopic (exact) mass is 319 g/mol. The molecule has 3 atom stereocenters. The summed E-state index contributed by atoms with van der Waals surface area (Å²) in [6, 6.07) is 13.9. The van der Waals surface area contributed by atoms with E-state index < -0.39 is 0 Å². The Morgan fingerprint density at radius 2 is 2.17 bits per heavy atom. The highest BCUT2D eigenvalue weighted by Gasteiger charge is 2.47. The number of para-hydroxylation sites is 1. The average Bonchev–Trinajstić information content (AvgIpc) is 3.36. The van der Waals surface area contributed by atoms with E-state index in [2.05, 4.69) is 15.6 Å². The smallest absolute Gasteiger partial charge is 0.252 e. The van der Waals surface area contributed by atoms with E-state index in [0.29, 0.717) is 29.0 Å². The van der Waals surface area contributed by atoms with Crippen LogP contribution < -0.4 is 10.6 Å². The molecule has 120 valence electrons. The summed E-state index contributed by atoms with van der Waals surface area (Å²) >= 11 is 0. The summed E-state index contributed by atoms with van der Waals surface area (Å²) in [5, 5.41) is 7.49. The van der Waals surface area contributed by atoms with Crippen molar-refractivity contribution in [2.45, 2.75) is 18.5 Å². The van der Waals surface area contributed by atoms with Gasteiger partial charge in [0.05, 0.1) is 17.3 Å². The number of hydrogen-bond donors (Lipinski definition) is 2. The van der Waals surface area contributed by atoms with Gasteiger partial charge in [-0.15, -0.1) is 0 Å². The lowest BCUT2D eigenvalue weighted by molar-refractivity contribution is 0.0893. The second-order valence-electron chi connectivity index (χ2n) is 6.56. The molecule has 2 aromatic heterocycles. The number of carbonyl (C=O) groups excluding carboxylic acids is 1. The largest absolute Gasteiger partial charge is 0.463 e. The van der Waals surface area contributed by atoms with E-state index in [-0.39, 0.29) is 11.9 Å². The van der Waals surface area contributed by atoms with Crippen LogP contribution in [0.15, 0.2) is 53.1 Å². The Morgan fingerprint density at radius 3 is 2.92 bits per heavy atom. The van der Waals surface area contributed by atoms with Gasteiger partial charge in [-0.05, 0) is 36.6 Å². The summed E-state index contributed by atoms with van der Waals surface area (Å²) in [4.78, 5) is 17.5. The van der Waals surface area contributed by atoms with Crippen LogP contribution in [0.25, 0.3) is 22.4 Å². The lowest BCUT2D eigenvalue weighted by Gasteiger charge is -2.35. The fourth-order valence-corrected chi connectivity index (χ4v) is 3.84. The molecule has 4 heterocycles. The molecule has 3 aliphatic rings. The Hall–Kier alpha value is -2.66. The molecule has 2 bridgehead atoms. The molecule has 6 rings (SSSR count). The molecule has 2 aliphatic heterocycles. The van der Waals surface area contributed by atoms with Crippen molar-refractivity contribution in [1.82, 2.24) is 15.6 Å². The van der Waals surface area contributed by atoms with Crippen LogP contribution in [0.2, 0.25) is 0 Å². The topological polar surface area (TPSA) is 67.2 Å². The molecule has 2 saturated heterocycles. The van der Waals surface area contributed by atoms with Gasteiger partial charge in [-0.3, -0.25) is 4.79 Å². The van der Waals surface area contributed by atoms with Crippen molar-refractivity contribution in [3.63, 3.8) is 0 Å². The van der Waals surface area contributed by atoms with Gasteiger partial charge in [0.2, 0.25) is 0 Å². The highest BCUT2D eigenvalue weighted by Crippen LogP contribution is 2.34. The number of pyridine rings is 1. The second-order valence-corrected chi connectivity index (χ2v) is 6.56. The molecule has 5 nitrogen and oxygen atoms in total. The maximum Gasteiger partial charge on any atom is 0.252 e. The standard InChI is InChI=1S/C19H17N3O2/c23-19(22-18-11-8-16(18)20-10-11)13-9-15(17-6-3-7-24-17)21-14-5-2-1-4-12(13)14/h1-7,9,11,16,18,20H,8,10H2,(H,22,23). The number of benzene rings is 1. The number of fused-ring (bicyclic) bond motifs is 2. The molecule has 3 aromatic rings. The van der Waals surface area contributed by atoms with E-state index in [1.165, 1.54) is 6.42 Å². The Balaban J connectivity index is 1.57. The zero-order valence-corrected chi connectivity index (χ0v) is 13.0. The van der Waals surface area contributed by atoms with Crippen LogP contribution in [0.4, 0.5) is 0 Å². The van der Waals surface area contributed by atoms with Crippen molar-refractivity contribution in [1.29, 1.82) is 0 Å². The van der Waals surface area contributed by atoms with Crippen LogP contribution in [-0.4, -0.2) is 29.5 Å². The van der Waals surface area contributed by atoms with E-state index in [1.807, 2.05) is 42.5 Å². The number of furan rings is 1. The van der Waals surface area contributed by atoms with Crippen LogP contribution in [-0.2, 0) is 0 Å². The maximum absolute atomic E-state index is 12.9. The van der Waals surface area contributed by atoms with E-state index >= 15 is 0 Å². The average molecular weight is 319 g/mol. The lowest BCUT2D eigenvalue weighted by atomic mass is 9.80. The molecule has 0 radical (unpaired) electrons. The molecule has 5 heteroatoms. The summed E-state index contributed by atoms with van der Waals surface area (Å²) in [6.07, 6.45) is 2.78. The molecule has 3 unspecified atom stereocenters. The fraction of sp³-hybridized carbons (Fsp3) is 0.263. The number of amides is 1. The number of carbonyl (C=O) groups is 1. The minimum Gasteiger partial charge on any atom is -0.463 e. The van der Waals surface area contributed by atoms with Crippen LogP contribution >= 0.6 is 0 Å². The molecule has 0 spiro atoms. The first-order valence-corrected chi connectivity index (χ1v) is 8.27. The van der Waals surface area contributed by atoms with Crippen molar-refractivity contribution < 1.29 is 9.21 Å². The Kier molecular flexibility index (Phi) is 2.97. The first-order valence-electron chi connectivity index (χ1n) is 8.27. The van der Waals surface area contributed by atoms with Crippen LogP contribution in [0.5, 0.6) is 0 Å². The number of rotatable bonds is 3. The van der Waals surface area contributed by atoms with Gasteiger partial charge in [0, 0.05) is 24.0 Å². The highest BCUT2D eigenvalue weighted by molar-refractivity contribution is 6.07. The number of nitrogens with one attached hydrogen (secondary N) is 2. The van der Waals surface area contributed by atoms with Crippen molar-refractivity contribution in [3.8, 4) is 11.5 Å². The zero-order valence-electron chi connectivity index (χ0n) is 13.0. The zero-order chi connectivity index (χ0) is 16.1. The van der Waals surface area contributed by atoms with Crippen molar-refractivity contribution >= 4 is 16.8 Å². The summed E-state index contributed by atoms with van der Waals surface area (Å²) in [5.74, 6) is 1.20. The quantitative estimate of drug-likeness (QED) is 0.779. The normalized spacial score (nSPS) is 24.8. The second kappa shape index (κ2) is 5.18. The molecule has 3 fully saturated rings. The van der Waals surface area contributed by atoms with Crippen LogP contribution in [0.3, 0.4) is 0 Å². The SMILES string of the molecule is O=C(NC1C2CNC1C2)c1cc(-c2ccco2)nc2ccccc12. The minimum atomic E-state index is -0.0372. The third kappa shape index (κ3) is 2.05. The predicted molar refractivity (Wildman–Crippen MR) is 90.6 cm³/mol. The first kappa shape index (κ1) is 13.7. The molecule has 1 aliphatic carbocycles. The first-order chi connectivity index (χ1) is 11.8. The van der Waals surface area contributed by atoms with Gasteiger partial charge >= 0.3 is 0 Å². The summed E-state index contributed by atoms with van der Waals surface area (Å²) in [7, 11) is 0. The Bertz CT molecular complexity index is 906. The van der Waals surface area contributed by atoms with Crippen molar-refractivity contribution in [2.75, 3.05) is 6.54 Å². The van der Waals surface area contributed by atoms with Gasteiger partial charge in [0.1, 0.15) is 5.69 Å². The van der Waals surface area contributed by atoms with E-state index in [1.54, 1.807) is 6.26 Å². The Morgan fingerprint density at radius 1 is 1.25 bits per heavy atom. The van der Waals surface area contributed by atoms with Gasteiger partial charge in [0.25, 0.3) is 5.91 Å².